The van der Waals surface area contributed by atoms with E-state index >= 15 is 0 Å². The number of amidine groups is 1. The molecule has 0 radical (unpaired) electrons. The molecule has 0 fully saturated rings. The second-order valence-electron chi connectivity index (χ2n) is 9.53. The van der Waals surface area contributed by atoms with Crippen molar-refractivity contribution in [2.75, 3.05) is 26.4 Å². The van der Waals surface area contributed by atoms with Gasteiger partial charge < -0.3 is 25.2 Å². The summed E-state index contributed by atoms with van der Waals surface area (Å²) in [5, 5.41) is 11.7. The highest BCUT2D eigenvalue weighted by Gasteiger charge is 2.11. The van der Waals surface area contributed by atoms with E-state index in [9.17, 15) is 0 Å². The first kappa shape index (κ1) is 31.2. The molecule has 0 amide bonds. The molecule has 0 saturated heterocycles. The van der Waals surface area contributed by atoms with Crippen LogP contribution in [0, 0.1) is 0 Å². The second-order valence-corrected chi connectivity index (χ2v) is 9.53. The summed E-state index contributed by atoms with van der Waals surface area (Å²) in [4.78, 5) is 0. The number of nitrogens with two attached hydrogens (primary N) is 1. The summed E-state index contributed by atoms with van der Waals surface area (Å²) in [6.45, 7) is 7.07. The van der Waals surface area contributed by atoms with Gasteiger partial charge in [-0.15, -0.1) is 0 Å². The van der Waals surface area contributed by atoms with E-state index < -0.39 is 0 Å². The summed E-state index contributed by atoms with van der Waals surface area (Å²) >= 11 is 0. The van der Waals surface area contributed by atoms with E-state index in [0.29, 0.717) is 19.6 Å². The average Bonchev–Trinajstić information content (AvgIpc) is 2.88. The van der Waals surface area contributed by atoms with E-state index in [1.54, 1.807) is 0 Å². The van der Waals surface area contributed by atoms with Gasteiger partial charge in [0.1, 0.15) is 24.3 Å². The Bertz CT molecular complexity index is 622. The first-order valence-electron chi connectivity index (χ1n) is 14.1. The number of ether oxygens (including phenoxy) is 3. The topological polar surface area (TPSA) is 86.3 Å². The predicted octanol–water partition coefficient (Wildman–Crippen LogP) is 7.26. The van der Waals surface area contributed by atoms with Crippen molar-refractivity contribution >= 4 is 5.84 Å². The van der Waals surface area contributed by atoms with Crippen molar-refractivity contribution in [2.45, 2.75) is 116 Å². The Morgan fingerprint density at radius 1 is 0.771 bits per heavy atom. The lowest BCUT2D eigenvalue weighted by Gasteiger charge is -2.19. The molecule has 0 spiro atoms. The molecule has 6 nitrogen and oxygen atoms in total. The highest BCUT2D eigenvalue weighted by Crippen LogP contribution is 2.14. The van der Waals surface area contributed by atoms with Gasteiger partial charge in [-0.1, -0.05) is 108 Å². The largest absolute Gasteiger partial charge is 0.491 e. The van der Waals surface area contributed by atoms with E-state index in [1.165, 1.54) is 77.0 Å². The Kier molecular flexibility index (Phi) is 20.2. The molecule has 202 valence electrons. The third-order valence-corrected chi connectivity index (χ3v) is 6.17. The van der Waals surface area contributed by atoms with Gasteiger partial charge in [-0.2, -0.15) is 0 Å². The molecule has 0 heterocycles. The van der Waals surface area contributed by atoms with Gasteiger partial charge in [0.25, 0.3) is 0 Å². The van der Waals surface area contributed by atoms with Crippen LogP contribution in [-0.2, 0) is 15.9 Å². The standard InChI is InChI=1S/C29H52N2O4/c1-3-5-7-9-11-13-15-21-33-24-28(34-22-16-14-12-10-8-6-4-2)25-35-27-19-17-26(18-20-27)23-29(30)31-32/h17-20,28,32H,3-16,21-25H2,1-2H3,(H2,30,31). The van der Waals surface area contributed by atoms with Gasteiger partial charge >= 0.3 is 0 Å². The normalized spacial score (nSPS) is 12.7. The van der Waals surface area contributed by atoms with Crippen LogP contribution < -0.4 is 10.5 Å². The summed E-state index contributed by atoms with van der Waals surface area (Å²) in [6.07, 6.45) is 18.2. The van der Waals surface area contributed by atoms with Gasteiger partial charge in [-0.25, -0.2) is 0 Å². The van der Waals surface area contributed by atoms with Crippen LogP contribution in [0.15, 0.2) is 29.4 Å². The fourth-order valence-electron chi connectivity index (χ4n) is 3.97. The van der Waals surface area contributed by atoms with Crippen LogP contribution in [0.4, 0.5) is 0 Å². The molecule has 1 unspecified atom stereocenters. The minimum Gasteiger partial charge on any atom is -0.491 e. The van der Waals surface area contributed by atoms with Gasteiger partial charge in [-0.3, -0.25) is 0 Å². The zero-order valence-electron chi connectivity index (χ0n) is 22.5. The molecular formula is C29H52N2O4. The average molecular weight is 493 g/mol. The van der Waals surface area contributed by atoms with Gasteiger partial charge in [-0.05, 0) is 30.5 Å². The number of hydrogen-bond acceptors (Lipinski definition) is 5. The molecule has 0 bridgehead atoms. The summed E-state index contributed by atoms with van der Waals surface area (Å²) < 4.78 is 18.1. The van der Waals surface area contributed by atoms with Crippen LogP contribution in [0.2, 0.25) is 0 Å². The maximum absolute atomic E-state index is 8.72. The SMILES string of the molecule is CCCCCCCCCOCC(COc1ccc(C/C(N)=N/O)cc1)OCCCCCCCCC. The molecule has 0 saturated carbocycles. The number of hydrogen-bond donors (Lipinski definition) is 2. The smallest absolute Gasteiger partial charge is 0.143 e. The number of unbranched alkanes of at least 4 members (excludes halogenated alkanes) is 12. The first-order valence-corrected chi connectivity index (χ1v) is 14.1. The molecule has 0 aromatic heterocycles. The number of oxime groups is 1. The first-order chi connectivity index (χ1) is 17.2. The Morgan fingerprint density at radius 3 is 1.89 bits per heavy atom. The van der Waals surface area contributed by atoms with Crippen LogP contribution in [0.1, 0.15) is 109 Å². The zero-order chi connectivity index (χ0) is 25.4. The van der Waals surface area contributed by atoms with Gasteiger partial charge in [0.05, 0.1) is 6.61 Å². The van der Waals surface area contributed by atoms with Crippen molar-refractivity contribution < 1.29 is 19.4 Å². The Labute approximate surface area is 214 Å². The molecule has 1 aromatic carbocycles. The van der Waals surface area contributed by atoms with Crippen LogP contribution >= 0.6 is 0 Å². The van der Waals surface area contributed by atoms with Crippen molar-refractivity contribution in [3.05, 3.63) is 29.8 Å². The molecule has 0 aliphatic rings. The molecule has 0 aliphatic carbocycles. The van der Waals surface area contributed by atoms with E-state index in [-0.39, 0.29) is 11.9 Å². The van der Waals surface area contributed by atoms with Crippen molar-refractivity contribution in [1.82, 2.24) is 0 Å². The summed E-state index contributed by atoms with van der Waals surface area (Å²) in [5.74, 6) is 0.973. The molecule has 0 aliphatic heterocycles. The quantitative estimate of drug-likeness (QED) is 0.0521. The number of rotatable bonds is 24. The number of nitrogens with zero attached hydrogens (tertiary/aromatic N) is 1. The summed E-state index contributed by atoms with van der Waals surface area (Å²) in [5.41, 5.74) is 6.55. The van der Waals surface area contributed by atoms with Crippen LogP contribution in [0.3, 0.4) is 0 Å². The van der Waals surface area contributed by atoms with E-state index in [1.807, 2.05) is 24.3 Å². The molecule has 35 heavy (non-hydrogen) atoms. The lowest BCUT2D eigenvalue weighted by Crippen LogP contribution is -2.28. The van der Waals surface area contributed by atoms with Crippen molar-refractivity contribution in [3.8, 4) is 5.75 Å². The maximum Gasteiger partial charge on any atom is 0.143 e. The van der Waals surface area contributed by atoms with Gasteiger partial charge in [0, 0.05) is 19.6 Å². The fourth-order valence-corrected chi connectivity index (χ4v) is 3.97. The predicted molar refractivity (Wildman–Crippen MR) is 146 cm³/mol. The molecule has 1 aromatic rings. The highest BCUT2D eigenvalue weighted by atomic mass is 16.6. The van der Waals surface area contributed by atoms with Crippen LogP contribution in [0.25, 0.3) is 0 Å². The van der Waals surface area contributed by atoms with Gasteiger partial charge in [0.2, 0.25) is 0 Å². The number of benzene rings is 1. The fraction of sp³-hybridized carbons (Fsp3) is 0.759. The van der Waals surface area contributed by atoms with E-state index in [4.69, 9.17) is 25.2 Å². The monoisotopic (exact) mass is 492 g/mol. The second kappa shape index (κ2) is 22.7. The lowest BCUT2D eigenvalue weighted by molar-refractivity contribution is -0.0389. The maximum atomic E-state index is 8.72. The Balaban J connectivity index is 2.34. The Morgan fingerprint density at radius 2 is 1.31 bits per heavy atom. The molecule has 3 N–H and O–H groups in total. The molecule has 1 atom stereocenters. The van der Waals surface area contributed by atoms with Crippen molar-refractivity contribution in [3.63, 3.8) is 0 Å². The highest BCUT2D eigenvalue weighted by molar-refractivity contribution is 5.82. The third kappa shape index (κ3) is 18.2. The summed E-state index contributed by atoms with van der Waals surface area (Å²) in [7, 11) is 0. The van der Waals surface area contributed by atoms with Crippen LogP contribution in [0.5, 0.6) is 5.75 Å². The minimum absolute atomic E-state index is 0.0727. The third-order valence-electron chi connectivity index (χ3n) is 6.17. The molecule has 6 heteroatoms. The minimum atomic E-state index is -0.0727. The summed E-state index contributed by atoms with van der Waals surface area (Å²) in [6, 6.07) is 7.68. The lowest BCUT2D eigenvalue weighted by atomic mass is 10.1. The van der Waals surface area contributed by atoms with Crippen molar-refractivity contribution in [1.29, 1.82) is 0 Å². The van der Waals surface area contributed by atoms with Crippen molar-refractivity contribution in [2.24, 2.45) is 10.9 Å². The van der Waals surface area contributed by atoms with E-state index in [0.717, 1.165) is 37.4 Å². The zero-order valence-corrected chi connectivity index (χ0v) is 22.5. The van der Waals surface area contributed by atoms with Crippen LogP contribution in [-0.4, -0.2) is 43.6 Å². The Hall–Kier alpha value is -1.79. The molecular weight excluding hydrogens is 440 g/mol. The van der Waals surface area contributed by atoms with E-state index in [2.05, 4.69) is 19.0 Å². The molecule has 1 rings (SSSR count). The van der Waals surface area contributed by atoms with Gasteiger partial charge in [0.15, 0.2) is 0 Å².